The van der Waals surface area contributed by atoms with Crippen molar-refractivity contribution in [2.45, 2.75) is 19.3 Å². The topological polar surface area (TPSA) is 71.2 Å². The van der Waals surface area contributed by atoms with E-state index in [1.165, 1.54) is 6.07 Å². The highest BCUT2D eigenvalue weighted by Gasteiger charge is 2.40. The average Bonchev–Trinajstić information content (AvgIpc) is 3.10. The number of carbonyl (C=O) groups excluding carboxylic acids is 1. The predicted octanol–water partition coefficient (Wildman–Crippen LogP) is 3.35. The molecular weight excluding hydrogens is 305 g/mol. The standard InChI is InChI=1S/C19H16FN3O/c1-10-11(2)23-17-13(18(21)24)7-14(20)16(15(10)17)19-6-4-3-5-12(19)8-22-9-19/h3-9,23H,1-2H3,(H2,21,24). The third-order valence-corrected chi connectivity index (χ3v) is 4.92. The number of primary amides is 1. The summed E-state index contributed by atoms with van der Waals surface area (Å²) in [6.07, 6.45) is 11.1. The van der Waals surface area contributed by atoms with Crippen molar-refractivity contribution in [3.8, 4) is 0 Å². The molecule has 1 aliphatic carbocycles. The number of halogens is 1. The number of amides is 1. The number of aromatic amines is 1. The van der Waals surface area contributed by atoms with E-state index in [1.807, 2.05) is 38.2 Å². The molecular formula is C19H16FN3O. The second-order valence-corrected chi connectivity index (χ2v) is 6.22. The highest BCUT2D eigenvalue weighted by molar-refractivity contribution is 6.09. The second kappa shape index (κ2) is 4.77. The van der Waals surface area contributed by atoms with Gasteiger partial charge in [0, 0.05) is 29.1 Å². The summed E-state index contributed by atoms with van der Waals surface area (Å²) in [4.78, 5) is 19.2. The molecule has 3 N–H and O–H groups in total. The van der Waals surface area contributed by atoms with Crippen LogP contribution in [0.25, 0.3) is 10.9 Å². The van der Waals surface area contributed by atoms with Gasteiger partial charge in [-0.3, -0.25) is 9.79 Å². The summed E-state index contributed by atoms with van der Waals surface area (Å²) < 4.78 is 15.2. The van der Waals surface area contributed by atoms with Gasteiger partial charge in [0.15, 0.2) is 0 Å². The molecule has 0 saturated carbocycles. The molecule has 5 heteroatoms. The van der Waals surface area contributed by atoms with Crippen molar-refractivity contribution >= 4 is 23.0 Å². The van der Waals surface area contributed by atoms with Gasteiger partial charge in [-0.05, 0) is 31.1 Å². The molecule has 4 nitrogen and oxygen atoms in total. The Morgan fingerprint density at radius 3 is 2.88 bits per heavy atom. The lowest BCUT2D eigenvalue weighted by Crippen LogP contribution is -2.29. The third kappa shape index (κ3) is 1.72. The number of nitrogens with zero attached hydrogens (tertiary/aromatic N) is 1. The monoisotopic (exact) mass is 321 g/mol. The van der Waals surface area contributed by atoms with Crippen molar-refractivity contribution in [1.29, 1.82) is 0 Å². The minimum atomic E-state index is -0.757. The highest BCUT2D eigenvalue weighted by atomic mass is 19.1. The summed E-state index contributed by atoms with van der Waals surface area (Å²) in [5.41, 5.74) is 8.61. The highest BCUT2D eigenvalue weighted by Crippen LogP contribution is 2.44. The van der Waals surface area contributed by atoms with E-state index in [0.29, 0.717) is 16.5 Å². The van der Waals surface area contributed by atoms with Crippen molar-refractivity contribution in [3.63, 3.8) is 0 Å². The van der Waals surface area contributed by atoms with Gasteiger partial charge in [0.05, 0.1) is 16.5 Å². The predicted molar refractivity (Wildman–Crippen MR) is 92.8 cm³/mol. The molecule has 0 fully saturated rings. The number of rotatable bonds is 2. The zero-order chi connectivity index (χ0) is 17.1. The maximum atomic E-state index is 15.2. The van der Waals surface area contributed by atoms with Gasteiger partial charge in [0.1, 0.15) is 5.82 Å². The van der Waals surface area contributed by atoms with Gasteiger partial charge >= 0.3 is 0 Å². The number of benzene rings is 1. The first-order chi connectivity index (χ1) is 11.5. The third-order valence-electron chi connectivity index (χ3n) is 4.92. The lowest BCUT2D eigenvalue weighted by Gasteiger charge is -2.29. The number of allylic oxidation sites excluding steroid dienone is 5. The maximum absolute atomic E-state index is 15.2. The van der Waals surface area contributed by atoms with E-state index in [-0.39, 0.29) is 5.56 Å². The van der Waals surface area contributed by atoms with Crippen LogP contribution in [0.4, 0.5) is 4.39 Å². The molecule has 24 heavy (non-hydrogen) atoms. The van der Waals surface area contributed by atoms with E-state index >= 15 is 4.39 Å². The minimum Gasteiger partial charge on any atom is -0.366 e. The molecule has 2 heterocycles. The Kier molecular flexibility index (Phi) is 2.91. The van der Waals surface area contributed by atoms with Gasteiger partial charge in [-0.15, -0.1) is 0 Å². The number of aryl methyl sites for hydroxylation is 2. The van der Waals surface area contributed by atoms with Crippen LogP contribution in [0.15, 0.2) is 47.1 Å². The molecule has 1 aromatic carbocycles. The first kappa shape index (κ1) is 14.6. The van der Waals surface area contributed by atoms with Gasteiger partial charge < -0.3 is 10.7 Å². The van der Waals surface area contributed by atoms with Crippen LogP contribution in [-0.2, 0) is 5.41 Å². The lowest BCUT2D eigenvalue weighted by atomic mass is 9.72. The molecule has 0 bridgehead atoms. The number of carbonyl (C=O) groups is 1. The Hall–Kier alpha value is -2.95. The van der Waals surface area contributed by atoms with E-state index < -0.39 is 17.1 Å². The molecule has 1 amide bonds. The summed E-state index contributed by atoms with van der Waals surface area (Å²) in [7, 11) is 0. The zero-order valence-electron chi connectivity index (χ0n) is 13.4. The number of hydrogen-bond donors (Lipinski definition) is 2. The smallest absolute Gasteiger partial charge is 0.250 e. The van der Waals surface area contributed by atoms with E-state index in [1.54, 1.807) is 12.4 Å². The van der Waals surface area contributed by atoms with Gasteiger partial charge in [0.2, 0.25) is 0 Å². The van der Waals surface area contributed by atoms with E-state index in [9.17, 15) is 4.79 Å². The van der Waals surface area contributed by atoms with Crippen LogP contribution in [-0.4, -0.2) is 17.1 Å². The van der Waals surface area contributed by atoms with Gasteiger partial charge in [-0.2, -0.15) is 0 Å². The second-order valence-electron chi connectivity index (χ2n) is 6.22. The van der Waals surface area contributed by atoms with Crippen LogP contribution >= 0.6 is 0 Å². The SMILES string of the molecule is Cc1[nH]c2c(C(N)=O)cc(F)c(C34C=CC=CC3=CN=C4)c2c1C. The van der Waals surface area contributed by atoms with E-state index in [0.717, 1.165) is 16.8 Å². The number of fused-ring (bicyclic) bond motifs is 2. The van der Waals surface area contributed by atoms with Crippen molar-refractivity contribution in [3.05, 3.63) is 70.3 Å². The molecule has 1 aromatic heterocycles. The Morgan fingerprint density at radius 1 is 1.33 bits per heavy atom. The Labute approximate surface area is 138 Å². The van der Waals surface area contributed by atoms with Crippen LogP contribution in [0, 0.1) is 19.7 Å². The van der Waals surface area contributed by atoms with Crippen LogP contribution in [0.1, 0.15) is 27.2 Å². The van der Waals surface area contributed by atoms with Gasteiger partial charge in [-0.1, -0.05) is 24.3 Å². The molecule has 4 rings (SSSR count). The fourth-order valence-corrected chi connectivity index (χ4v) is 3.62. The quantitative estimate of drug-likeness (QED) is 0.875. The first-order valence-electron chi connectivity index (χ1n) is 7.68. The number of hydrogen-bond acceptors (Lipinski definition) is 2. The number of aliphatic imine (C=N–C) groups is 1. The largest absolute Gasteiger partial charge is 0.366 e. The number of nitrogens with two attached hydrogens (primary N) is 1. The van der Waals surface area contributed by atoms with Gasteiger partial charge in [0.25, 0.3) is 5.91 Å². The average molecular weight is 321 g/mol. The molecule has 1 atom stereocenters. The molecule has 0 radical (unpaired) electrons. The zero-order valence-corrected chi connectivity index (χ0v) is 13.4. The van der Waals surface area contributed by atoms with Crippen molar-refractivity contribution in [2.75, 3.05) is 0 Å². The van der Waals surface area contributed by atoms with Crippen LogP contribution < -0.4 is 5.73 Å². The fourth-order valence-electron chi connectivity index (χ4n) is 3.62. The molecule has 0 spiro atoms. The Bertz CT molecular complexity index is 1020. The number of aromatic nitrogens is 1. The molecule has 0 saturated heterocycles. The van der Waals surface area contributed by atoms with E-state index in [2.05, 4.69) is 9.98 Å². The molecule has 2 aliphatic rings. The fraction of sp³-hybridized carbons (Fsp3) is 0.158. The summed E-state index contributed by atoms with van der Waals surface area (Å²) >= 11 is 0. The van der Waals surface area contributed by atoms with Crippen LogP contribution in [0.5, 0.6) is 0 Å². The Morgan fingerprint density at radius 2 is 2.12 bits per heavy atom. The summed E-state index contributed by atoms with van der Waals surface area (Å²) in [5, 5.41) is 0.695. The van der Waals surface area contributed by atoms with E-state index in [4.69, 9.17) is 5.73 Å². The summed E-state index contributed by atoms with van der Waals surface area (Å²) in [5.74, 6) is -1.11. The first-order valence-corrected chi connectivity index (χ1v) is 7.68. The normalized spacial score (nSPS) is 21.4. The van der Waals surface area contributed by atoms with Gasteiger partial charge in [-0.25, -0.2) is 4.39 Å². The Balaban J connectivity index is 2.17. The number of H-pyrrole nitrogens is 1. The molecule has 1 aliphatic heterocycles. The molecule has 120 valence electrons. The van der Waals surface area contributed by atoms with Crippen molar-refractivity contribution in [1.82, 2.24) is 4.98 Å². The molecule has 2 aromatic rings. The summed E-state index contributed by atoms with van der Waals surface area (Å²) in [6.45, 7) is 3.81. The van der Waals surface area contributed by atoms with Crippen LogP contribution in [0.3, 0.4) is 0 Å². The minimum absolute atomic E-state index is 0.162. The maximum Gasteiger partial charge on any atom is 0.250 e. The summed E-state index contributed by atoms with van der Waals surface area (Å²) in [6, 6.07) is 1.22. The van der Waals surface area contributed by atoms with Crippen molar-refractivity contribution in [2.24, 2.45) is 10.7 Å². The number of nitrogens with one attached hydrogen (secondary N) is 1. The van der Waals surface area contributed by atoms with Crippen molar-refractivity contribution < 1.29 is 9.18 Å². The molecule has 1 unspecified atom stereocenters. The lowest BCUT2D eigenvalue weighted by molar-refractivity contribution is 0.100. The van der Waals surface area contributed by atoms with Crippen LogP contribution in [0.2, 0.25) is 0 Å².